The third-order valence-electron chi connectivity index (χ3n) is 2.92. The van der Waals surface area contributed by atoms with E-state index in [0.717, 1.165) is 24.3 Å². The van der Waals surface area contributed by atoms with Crippen molar-refractivity contribution < 1.29 is 23.1 Å². The molecule has 0 saturated carbocycles. The van der Waals surface area contributed by atoms with Crippen LogP contribution < -0.4 is 0 Å². The summed E-state index contributed by atoms with van der Waals surface area (Å²) in [6.45, 7) is 0. The summed E-state index contributed by atoms with van der Waals surface area (Å²) in [7, 11) is 0. The molecule has 21 heavy (non-hydrogen) atoms. The molecule has 1 heterocycles. The summed E-state index contributed by atoms with van der Waals surface area (Å²) in [5.74, 6) is -3.63. The first-order valence-corrected chi connectivity index (χ1v) is 5.83. The number of carboxylic acids is 1. The van der Waals surface area contributed by atoms with Crippen LogP contribution in [0.4, 0.5) is 13.2 Å². The van der Waals surface area contributed by atoms with E-state index in [1.54, 1.807) is 0 Å². The molecule has 0 amide bonds. The average Bonchev–Trinajstić information content (AvgIpc) is 2.79. The van der Waals surface area contributed by atoms with E-state index in [1.165, 1.54) is 0 Å². The minimum absolute atomic E-state index is 0.0172. The Morgan fingerprint density at radius 1 is 1.00 bits per heavy atom. The fourth-order valence-corrected chi connectivity index (χ4v) is 2.07. The number of benzene rings is 2. The molecule has 0 aliphatic heterocycles. The molecule has 0 spiro atoms. The van der Waals surface area contributed by atoms with Crippen molar-refractivity contribution in [3.8, 4) is 11.4 Å². The van der Waals surface area contributed by atoms with Crippen molar-refractivity contribution in [2.75, 3.05) is 0 Å². The molecule has 106 valence electrons. The number of hydrogen-bond acceptors (Lipinski definition) is 2. The van der Waals surface area contributed by atoms with E-state index in [1.807, 2.05) is 0 Å². The van der Waals surface area contributed by atoms with Crippen LogP contribution in [0.2, 0.25) is 0 Å². The number of aromatic amines is 1. The van der Waals surface area contributed by atoms with Crippen LogP contribution in [0, 0.1) is 17.5 Å². The van der Waals surface area contributed by atoms with E-state index in [4.69, 9.17) is 5.11 Å². The zero-order valence-corrected chi connectivity index (χ0v) is 10.3. The van der Waals surface area contributed by atoms with Crippen LogP contribution in [0.15, 0.2) is 30.3 Å². The molecule has 2 aromatic carbocycles. The van der Waals surface area contributed by atoms with E-state index in [9.17, 15) is 18.0 Å². The maximum Gasteiger partial charge on any atom is 0.338 e. The fraction of sp³-hybridized carbons (Fsp3) is 0. The molecule has 0 bridgehead atoms. The van der Waals surface area contributed by atoms with Crippen LogP contribution >= 0.6 is 0 Å². The van der Waals surface area contributed by atoms with Gasteiger partial charge in [0.1, 0.15) is 28.8 Å². The first-order valence-electron chi connectivity index (χ1n) is 5.83. The van der Waals surface area contributed by atoms with Gasteiger partial charge in [-0.05, 0) is 24.3 Å². The summed E-state index contributed by atoms with van der Waals surface area (Å²) in [5.41, 5.74) is -0.0829. The van der Waals surface area contributed by atoms with E-state index in [0.29, 0.717) is 6.07 Å². The molecule has 0 fully saturated rings. The van der Waals surface area contributed by atoms with E-state index in [-0.39, 0.29) is 28.0 Å². The van der Waals surface area contributed by atoms with Gasteiger partial charge < -0.3 is 10.1 Å². The highest BCUT2D eigenvalue weighted by Crippen LogP contribution is 2.25. The normalized spacial score (nSPS) is 11.0. The smallest absolute Gasteiger partial charge is 0.338 e. The Morgan fingerprint density at radius 2 is 1.62 bits per heavy atom. The average molecular weight is 292 g/mol. The van der Waals surface area contributed by atoms with Gasteiger partial charge in [-0.2, -0.15) is 0 Å². The van der Waals surface area contributed by atoms with Crippen LogP contribution in [0.5, 0.6) is 0 Å². The minimum atomic E-state index is -1.34. The van der Waals surface area contributed by atoms with Crippen LogP contribution in [-0.2, 0) is 0 Å². The lowest BCUT2D eigenvalue weighted by molar-refractivity contribution is 0.0698. The van der Waals surface area contributed by atoms with Crippen molar-refractivity contribution in [2.45, 2.75) is 0 Å². The third kappa shape index (κ3) is 2.33. The van der Waals surface area contributed by atoms with Gasteiger partial charge in [0.25, 0.3) is 0 Å². The number of fused-ring (bicyclic) bond motifs is 1. The fourth-order valence-electron chi connectivity index (χ4n) is 2.07. The Balaban J connectivity index is 2.26. The number of H-pyrrole nitrogens is 1. The van der Waals surface area contributed by atoms with Crippen molar-refractivity contribution in [3.63, 3.8) is 0 Å². The number of rotatable bonds is 2. The van der Waals surface area contributed by atoms with Crippen LogP contribution in [-0.4, -0.2) is 21.0 Å². The number of carboxylic acid groups (broad SMARTS) is 1. The number of aromatic carboxylic acids is 1. The molecule has 0 radical (unpaired) electrons. The third-order valence-corrected chi connectivity index (χ3v) is 2.92. The highest BCUT2D eigenvalue weighted by molar-refractivity contribution is 6.01. The summed E-state index contributed by atoms with van der Waals surface area (Å²) in [4.78, 5) is 17.7. The Morgan fingerprint density at radius 3 is 2.24 bits per heavy atom. The summed E-state index contributed by atoms with van der Waals surface area (Å²) < 4.78 is 39.8. The number of carbonyl (C=O) groups is 1. The molecule has 0 unspecified atom stereocenters. The molecule has 0 atom stereocenters. The van der Waals surface area contributed by atoms with Crippen molar-refractivity contribution in [2.24, 2.45) is 0 Å². The van der Waals surface area contributed by atoms with Gasteiger partial charge in [0.05, 0.1) is 11.1 Å². The predicted molar refractivity (Wildman–Crippen MR) is 68.4 cm³/mol. The standard InChI is InChI=1S/C14H7F3N2O2/c15-7-1-6(2-8(16)3-7)13-18-11-5-9(17)4-10(14(20)21)12(11)19-13/h1-5H,(H,18,19)(H,20,21). The number of nitrogens with zero attached hydrogens (tertiary/aromatic N) is 1. The number of halogens is 3. The predicted octanol–water partition coefficient (Wildman–Crippen LogP) is 3.35. The SMILES string of the molecule is O=C(O)c1cc(F)cc2[nH]c(-c3cc(F)cc(F)c3)nc12. The van der Waals surface area contributed by atoms with Crippen molar-refractivity contribution >= 4 is 17.0 Å². The Kier molecular flexibility index (Phi) is 2.90. The van der Waals surface area contributed by atoms with Crippen LogP contribution in [0.3, 0.4) is 0 Å². The maximum atomic E-state index is 13.4. The summed E-state index contributed by atoms with van der Waals surface area (Å²) >= 11 is 0. The van der Waals surface area contributed by atoms with E-state index in [2.05, 4.69) is 9.97 Å². The first kappa shape index (κ1) is 13.2. The first-order chi connectivity index (χ1) is 9.94. The summed E-state index contributed by atoms with van der Waals surface area (Å²) in [6, 6.07) is 4.68. The summed E-state index contributed by atoms with van der Waals surface area (Å²) in [6.07, 6.45) is 0. The van der Waals surface area contributed by atoms with E-state index >= 15 is 0 Å². The van der Waals surface area contributed by atoms with Crippen LogP contribution in [0.1, 0.15) is 10.4 Å². The van der Waals surface area contributed by atoms with Crippen molar-refractivity contribution in [3.05, 3.63) is 53.3 Å². The van der Waals surface area contributed by atoms with Gasteiger partial charge in [0.15, 0.2) is 0 Å². The second kappa shape index (κ2) is 4.62. The monoisotopic (exact) mass is 292 g/mol. The van der Waals surface area contributed by atoms with Gasteiger partial charge in [-0.3, -0.25) is 0 Å². The number of hydrogen-bond donors (Lipinski definition) is 2. The van der Waals surface area contributed by atoms with Crippen LogP contribution in [0.25, 0.3) is 22.4 Å². The van der Waals surface area contributed by atoms with Gasteiger partial charge in [0.2, 0.25) is 0 Å². The van der Waals surface area contributed by atoms with Gasteiger partial charge in [-0.25, -0.2) is 22.9 Å². The maximum absolute atomic E-state index is 13.4. The molecule has 3 rings (SSSR count). The number of imidazole rings is 1. The molecule has 1 aromatic heterocycles. The zero-order chi connectivity index (χ0) is 15.1. The lowest BCUT2D eigenvalue weighted by atomic mass is 10.2. The second-order valence-electron chi connectivity index (χ2n) is 4.40. The quantitative estimate of drug-likeness (QED) is 0.761. The summed E-state index contributed by atoms with van der Waals surface area (Å²) in [5, 5.41) is 9.03. The minimum Gasteiger partial charge on any atom is -0.478 e. The Bertz CT molecular complexity index is 854. The second-order valence-corrected chi connectivity index (χ2v) is 4.40. The largest absolute Gasteiger partial charge is 0.478 e. The molecule has 7 heteroatoms. The highest BCUT2D eigenvalue weighted by Gasteiger charge is 2.16. The molecule has 3 aromatic rings. The molecule has 4 nitrogen and oxygen atoms in total. The number of nitrogens with one attached hydrogen (secondary N) is 1. The molecular weight excluding hydrogens is 285 g/mol. The number of aromatic nitrogens is 2. The van der Waals surface area contributed by atoms with Gasteiger partial charge >= 0.3 is 5.97 Å². The topological polar surface area (TPSA) is 66.0 Å². The van der Waals surface area contributed by atoms with E-state index < -0.39 is 23.4 Å². The van der Waals surface area contributed by atoms with Gasteiger partial charge in [-0.1, -0.05) is 0 Å². The Hall–Kier alpha value is -2.83. The molecule has 2 N–H and O–H groups in total. The molecule has 0 aliphatic carbocycles. The lowest BCUT2D eigenvalue weighted by Crippen LogP contribution is -1.98. The zero-order valence-electron chi connectivity index (χ0n) is 10.3. The van der Waals surface area contributed by atoms with Gasteiger partial charge in [0, 0.05) is 11.6 Å². The molecule has 0 aliphatic rings. The van der Waals surface area contributed by atoms with Crippen molar-refractivity contribution in [1.29, 1.82) is 0 Å². The molecule has 0 saturated heterocycles. The van der Waals surface area contributed by atoms with Gasteiger partial charge in [-0.15, -0.1) is 0 Å². The highest BCUT2D eigenvalue weighted by atomic mass is 19.1. The Labute approximate surface area is 115 Å². The lowest BCUT2D eigenvalue weighted by Gasteiger charge is -1.97. The van der Waals surface area contributed by atoms with Crippen molar-refractivity contribution in [1.82, 2.24) is 9.97 Å². The molecular formula is C14H7F3N2O2.